The van der Waals surface area contributed by atoms with Gasteiger partial charge in [0.05, 0.1) is 5.92 Å². The van der Waals surface area contributed by atoms with Crippen LogP contribution in [0.15, 0.2) is 47.3 Å². The Morgan fingerprint density at radius 1 is 1.12 bits per heavy atom. The number of nitrogens with one attached hydrogen (secondary N) is 2. The number of carboxylic acids is 1. The van der Waals surface area contributed by atoms with Crippen LogP contribution in [0.3, 0.4) is 0 Å². The Morgan fingerprint density at radius 3 is 2.36 bits per heavy atom. The minimum absolute atomic E-state index is 0.00771. The van der Waals surface area contributed by atoms with E-state index >= 15 is 0 Å². The number of carbonyl (C=O) groups is 2. The second-order valence-electron chi connectivity index (χ2n) is 6.36. The van der Waals surface area contributed by atoms with E-state index in [4.69, 9.17) is 0 Å². The van der Waals surface area contributed by atoms with E-state index in [0.29, 0.717) is 12.1 Å². The summed E-state index contributed by atoms with van der Waals surface area (Å²) in [7, 11) is 0. The van der Waals surface area contributed by atoms with Crippen molar-refractivity contribution in [2.75, 3.05) is 6.54 Å². The molecule has 6 heteroatoms. The highest BCUT2D eigenvalue weighted by molar-refractivity contribution is 5.94. The largest absolute Gasteiger partial charge is 0.481 e. The highest BCUT2D eigenvalue weighted by atomic mass is 16.4. The molecule has 0 aliphatic carbocycles. The van der Waals surface area contributed by atoms with E-state index in [9.17, 15) is 19.5 Å². The molecule has 0 radical (unpaired) electrons. The zero-order valence-corrected chi connectivity index (χ0v) is 14.3. The van der Waals surface area contributed by atoms with Crippen LogP contribution in [0.1, 0.15) is 30.6 Å². The Balaban J connectivity index is 2.09. The van der Waals surface area contributed by atoms with Crippen LogP contribution in [0.25, 0.3) is 11.3 Å². The second kappa shape index (κ2) is 8.28. The number of hydrogen-bond donors (Lipinski definition) is 3. The predicted molar refractivity (Wildman–Crippen MR) is 95.4 cm³/mol. The Hall–Kier alpha value is -2.89. The van der Waals surface area contributed by atoms with Crippen molar-refractivity contribution in [3.63, 3.8) is 0 Å². The maximum absolute atomic E-state index is 12.2. The molecule has 2 rings (SSSR count). The van der Waals surface area contributed by atoms with Crippen molar-refractivity contribution in [1.29, 1.82) is 0 Å². The fraction of sp³-hybridized carbons (Fsp3) is 0.316. The van der Waals surface area contributed by atoms with E-state index in [-0.39, 0.29) is 18.0 Å². The summed E-state index contributed by atoms with van der Waals surface area (Å²) < 4.78 is 0. The van der Waals surface area contributed by atoms with Gasteiger partial charge in [-0.25, -0.2) is 0 Å². The third-order valence-electron chi connectivity index (χ3n) is 3.85. The first-order valence-electron chi connectivity index (χ1n) is 8.18. The van der Waals surface area contributed by atoms with Crippen molar-refractivity contribution in [3.05, 3.63) is 58.4 Å². The van der Waals surface area contributed by atoms with Crippen molar-refractivity contribution >= 4 is 11.9 Å². The van der Waals surface area contributed by atoms with Crippen molar-refractivity contribution in [3.8, 4) is 11.3 Å². The van der Waals surface area contributed by atoms with Gasteiger partial charge in [-0.15, -0.1) is 0 Å². The molecule has 0 spiro atoms. The molecular formula is C19H22N2O4. The topological polar surface area (TPSA) is 99.3 Å². The maximum Gasteiger partial charge on any atom is 0.308 e. The molecule has 1 atom stereocenters. The average molecular weight is 342 g/mol. The normalized spacial score (nSPS) is 12.0. The number of aromatic nitrogens is 1. The van der Waals surface area contributed by atoms with Crippen molar-refractivity contribution in [1.82, 2.24) is 10.3 Å². The van der Waals surface area contributed by atoms with Crippen molar-refractivity contribution < 1.29 is 14.7 Å². The zero-order valence-electron chi connectivity index (χ0n) is 14.3. The molecular weight excluding hydrogens is 320 g/mol. The molecule has 132 valence electrons. The second-order valence-corrected chi connectivity index (χ2v) is 6.36. The molecule has 3 N–H and O–H groups in total. The lowest BCUT2D eigenvalue weighted by Gasteiger charge is -2.15. The van der Waals surface area contributed by atoms with Gasteiger partial charge in [0.25, 0.3) is 11.5 Å². The first kappa shape index (κ1) is 18.4. The number of carbonyl (C=O) groups excluding carboxylic acids is 1. The molecule has 0 fully saturated rings. The van der Waals surface area contributed by atoms with Gasteiger partial charge in [-0.2, -0.15) is 0 Å². The van der Waals surface area contributed by atoms with Crippen LogP contribution >= 0.6 is 0 Å². The molecule has 25 heavy (non-hydrogen) atoms. The Labute approximate surface area is 145 Å². The molecule has 6 nitrogen and oxygen atoms in total. The Bertz CT molecular complexity index is 797. The summed E-state index contributed by atoms with van der Waals surface area (Å²) in [5, 5.41) is 11.7. The molecule has 2 aromatic rings. The molecule has 0 saturated heterocycles. The highest BCUT2D eigenvalue weighted by Gasteiger charge is 2.20. The first-order valence-corrected chi connectivity index (χ1v) is 8.18. The van der Waals surface area contributed by atoms with E-state index < -0.39 is 23.4 Å². The molecule has 0 saturated carbocycles. The van der Waals surface area contributed by atoms with E-state index in [0.717, 1.165) is 5.56 Å². The molecule has 1 unspecified atom stereocenters. The highest BCUT2D eigenvalue weighted by Crippen LogP contribution is 2.15. The number of hydrogen-bond acceptors (Lipinski definition) is 3. The van der Waals surface area contributed by atoms with Gasteiger partial charge in [0, 0.05) is 12.2 Å². The summed E-state index contributed by atoms with van der Waals surface area (Å²) >= 11 is 0. The van der Waals surface area contributed by atoms with Gasteiger partial charge < -0.3 is 15.4 Å². The molecule has 0 aliphatic heterocycles. The van der Waals surface area contributed by atoms with Crippen LogP contribution < -0.4 is 10.9 Å². The van der Waals surface area contributed by atoms with Crippen LogP contribution in [0.4, 0.5) is 0 Å². The van der Waals surface area contributed by atoms with Gasteiger partial charge in [0.2, 0.25) is 0 Å². The van der Waals surface area contributed by atoms with Gasteiger partial charge in [0.1, 0.15) is 5.56 Å². The van der Waals surface area contributed by atoms with Gasteiger partial charge in [-0.1, -0.05) is 44.2 Å². The van der Waals surface area contributed by atoms with Gasteiger partial charge in [0.15, 0.2) is 0 Å². The molecule has 0 aliphatic rings. The van der Waals surface area contributed by atoms with Crippen molar-refractivity contribution in [2.24, 2.45) is 11.8 Å². The SMILES string of the molecule is CC(C)CC(CNC(=O)c1ccc(-c2ccccc2)[nH]c1=O)C(=O)O. The summed E-state index contributed by atoms with van der Waals surface area (Å²) in [4.78, 5) is 38.3. The number of rotatable bonds is 7. The summed E-state index contributed by atoms with van der Waals surface area (Å²) in [5.41, 5.74) is 0.919. The molecule has 1 aromatic carbocycles. The van der Waals surface area contributed by atoms with Gasteiger partial charge in [-0.05, 0) is 30.0 Å². The molecule has 0 bridgehead atoms. The number of pyridine rings is 1. The first-order chi connectivity index (χ1) is 11.9. The number of H-pyrrole nitrogens is 1. The van der Waals surface area contributed by atoms with Crippen LogP contribution in [-0.2, 0) is 4.79 Å². The average Bonchev–Trinajstić information content (AvgIpc) is 2.58. The minimum atomic E-state index is -0.956. The van der Waals surface area contributed by atoms with Crippen LogP contribution in [0.5, 0.6) is 0 Å². The Kier molecular flexibility index (Phi) is 6.11. The molecule has 1 aromatic heterocycles. The maximum atomic E-state index is 12.2. The quantitative estimate of drug-likeness (QED) is 0.720. The third kappa shape index (κ3) is 5.04. The van der Waals surface area contributed by atoms with Crippen molar-refractivity contribution in [2.45, 2.75) is 20.3 Å². The predicted octanol–water partition coefficient (Wildman–Crippen LogP) is 2.52. The fourth-order valence-electron chi connectivity index (χ4n) is 2.59. The van der Waals surface area contributed by atoms with E-state index in [1.807, 2.05) is 44.2 Å². The lowest BCUT2D eigenvalue weighted by molar-refractivity contribution is -0.142. The van der Waals surface area contributed by atoms with Gasteiger partial charge >= 0.3 is 5.97 Å². The molecule has 1 amide bonds. The van der Waals surface area contributed by atoms with E-state index in [1.165, 1.54) is 6.07 Å². The minimum Gasteiger partial charge on any atom is -0.481 e. The number of aromatic amines is 1. The standard InChI is InChI=1S/C19H22N2O4/c1-12(2)10-14(19(24)25)11-20-17(22)15-8-9-16(21-18(15)23)13-6-4-3-5-7-13/h3-9,12,14H,10-11H2,1-2H3,(H,20,22)(H,21,23)(H,24,25). The van der Waals surface area contributed by atoms with E-state index in [2.05, 4.69) is 10.3 Å². The summed E-state index contributed by atoms with van der Waals surface area (Å²) in [6, 6.07) is 12.4. The van der Waals surface area contributed by atoms with Gasteiger partial charge in [-0.3, -0.25) is 14.4 Å². The van der Waals surface area contributed by atoms with Crippen LogP contribution in [-0.4, -0.2) is 28.5 Å². The summed E-state index contributed by atoms with van der Waals surface area (Å²) in [6.07, 6.45) is 0.457. The third-order valence-corrected chi connectivity index (χ3v) is 3.85. The number of amides is 1. The Morgan fingerprint density at radius 2 is 1.80 bits per heavy atom. The summed E-state index contributed by atoms with van der Waals surface area (Å²) in [6.45, 7) is 3.84. The number of aliphatic carboxylic acids is 1. The lowest BCUT2D eigenvalue weighted by atomic mass is 9.97. The monoisotopic (exact) mass is 342 g/mol. The zero-order chi connectivity index (χ0) is 18.4. The lowest BCUT2D eigenvalue weighted by Crippen LogP contribution is -2.36. The van der Waals surface area contributed by atoms with Crippen LogP contribution in [0.2, 0.25) is 0 Å². The fourth-order valence-corrected chi connectivity index (χ4v) is 2.59. The van der Waals surface area contributed by atoms with E-state index in [1.54, 1.807) is 6.07 Å². The molecule has 1 heterocycles. The smallest absolute Gasteiger partial charge is 0.308 e. The number of benzene rings is 1. The number of carboxylic acid groups (broad SMARTS) is 1. The van der Waals surface area contributed by atoms with Crippen LogP contribution in [0, 0.1) is 11.8 Å². The summed E-state index contributed by atoms with van der Waals surface area (Å²) in [5.74, 6) is -2.00.